The lowest BCUT2D eigenvalue weighted by molar-refractivity contribution is -0.297. The molecule has 0 spiro atoms. The molecule has 0 aliphatic carbocycles. The fourth-order valence-corrected chi connectivity index (χ4v) is 12.1. The number of carbonyl (C=O) groups is 1. The summed E-state index contributed by atoms with van der Waals surface area (Å²) in [6.45, 7) is 6.00. The van der Waals surface area contributed by atoms with Crippen LogP contribution >= 0.6 is 0 Å². The lowest BCUT2D eigenvalue weighted by Gasteiger charge is -2.41. The number of ether oxygens (including phenoxy) is 2. The Kier molecular flexibility index (Phi) is 37.2. The number of anilines is 1. The third-order valence-electron chi connectivity index (χ3n) is 16.3. The molecule has 2 aromatic carbocycles. The van der Waals surface area contributed by atoms with Crippen molar-refractivity contribution >= 4 is 32.4 Å². The Balaban J connectivity index is 1.43. The van der Waals surface area contributed by atoms with Crippen LogP contribution in [0.3, 0.4) is 0 Å². The molecule has 0 radical (unpaired) electrons. The molecule has 0 bridgehead atoms. The van der Waals surface area contributed by atoms with Gasteiger partial charge in [-0.3, -0.25) is 4.79 Å². The zero-order valence-corrected chi connectivity index (χ0v) is 50.0. The summed E-state index contributed by atoms with van der Waals surface area (Å²) in [5.74, 6) is 0.506. The number of amides is 1. The zero-order chi connectivity index (χ0) is 56.1. The third-order valence-corrected chi connectivity index (χ3v) is 17.7. The molecule has 1 fully saturated rings. The number of rotatable bonds is 48. The fraction of sp³-hybridized carbons (Fsp3) is 0.825. The van der Waals surface area contributed by atoms with E-state index in [-0.39, 0.29) is 17.2 Å². The highest BCUT2D eigenvalue weighted by atomic mass is 32.2. The van der Waals surface area contributed by atoms with Gasteiger partial charge >= 0.3 is 0 Å². The van der Waals surface area contributed by atoms with Crippen LogP contribution in [0, 0.1) is 5.92 Å². The molecule has 14 heteroatoms. The van der Waals surface area contributed by atoms with Gasteiger partial charge in [0.25, 0.3) is 0 Å². The molecule has 1 saturated heterocycles. The van der Waals surface area contributed by atoms with E-state index in [4.69, 9.17) is 9.47 Å². The quantitative estimate of drug-likeness (QED) is 0.0311. The number of benzene rings is 2. The van der Waals surface area contributed by atoms with Crippen LogP contribution in [0.2, 0.25) is 0 Å². The van der Waals surface area contributed by atoms with Crippen molar-refractivity contribution in [2.24, 2.45) is 5.92 Å². The largest absolute Gasteiger partial charge is 0.390 e. The molecular weight excluding hydrogens is 991 g/mol. The summed E-state index contributed by atoms with van der Waals surface area (Å²) in [7, 11) is -0.416. The molecule has 446 valence electrons. The number of nitrogens with one attached hydrogen (secondary N) is 2. The van der Waals surface area contributed by atoms with Crippen molar-refractivity contribution in [3.05, 3.63) is 36.4 Å². The van der Waals surface area contributed by atoms with E-state index in [9.17, 15) is 38.7 Å². The van der Waals surface area contributed by atoms with Gasteiger partial charge in [0.2, 0.25) is 15.9 Å². The van der Waals surface area contributed by atoms with E-state index in [0.29, 0.717) is 24.6 Å². The SMILES string of the molecule is CCCCCCCCCCCCCCCCCCCCCCCCCC(=O)N[C@@H](CO[C@H]1O[C@H](CNS(=O)(=O)c2cccc3c(N(C)C)cccc23)[C@H](O)[C@H](O)[C@H]1O)[C@H](O)[C@H](O)CCCCCCCCCCCC(C)CC. The number of aliphatic hydroxyl groups excluding tert-OH is 5. The number of sulfonamides is 1. The molecule has 1 amide bonds. The lowest BCUT2D eigenvalue weighted by atomic mass is 9.98. The van der Waals surface area contributed by atoms with Gasteiger partial charge in [0.15, 0.2) is 6.29 Å². The van der Waals surface area contributed by atoms with E-state index in [1.54, 1.807) is 18.2 Å². The number of hydrogen-bond donors (Lipinski definition) is 7. The highest BCUT2D eigenvalue weighted by Crippen LogP contribution is 2.31. The molecule has 1 aliphatic heterocycles. The minimum absolute atomic E-state index is 0.0256. The van der Waals surface area contributed by atoms with Crippen LogP contribution in [-0.4, -0.2) is 116 Å². The maximum atomic E-state index is 13.7. The lowest BCUT2D eigenvalue weighted by Crippen LogP contribution is -2.61. The van der Waals surface area contributed by atoms with Gasteiger partial charge in [0.05, 0.1) is 23.6 Å². The predicted octanol–water partition coefficient (Wildman–Crippen LogP) is 12.9. The summed E-state index contributed by atoms with van der Waals surface area (Å²) < 4.78 is 41.8. The van der Waals surface area contributed by atoms with Crippen LogP contribution in [0.25, 0.3) is 10.8 Å². The Bertz CT molecular complexity index is 1910. The molecular formula is C63H113N3O10S. The van der Waals surface area contributed by atoms with Crippen LogP contribution in [0.15, 0.2) is 41.3 Å². The molecule has 1 heterocycles. The molecule has 0 saturated carbocycles. The van der Waals surface area contributed by atoms with Crippen LogP contribution in [0.5, 0.6) is 0 Å². The normalized spacial score (nSPS) is 19.6. The predicted molar refractivity (Wildman–Crippen MR) is 317 cm³/mol. The summed E-state index contributed by atoms with van der Waals surface area (Å²) >= 11 is 0. The van der Waals surface area contributed by atoms with E-state index in [1.165, 1.54) is 173 Å². The van der Waals surface area contributed by atoms with Crippen LogP contribution in [0.4, 0.5) is 5.69 Å². The summed E-state index contributed by atoms with van der Waals surface area (Å²) in [5.41, 5.74) is 0.838. The first-order valence-corrected chi connectivity index (χ1v) is 32.9. The van der Waals surface area contributed by atoms with Gasteiger partial charge < -0.3 is 45.2 Å². The van der Waals surface area contributed by atoms with Crippen LogP contribution in [-0.2, 0) is 24.3 Å². The Morgan fingerprint density at radius 2 is 1.06 bits per heavy atom. The third kappa shape index (κ3) is 28.2. The van der Waals surface area contributed by atoms with Gasteiger partial charge in [-0.25, -0.2) is 13.1 Å². The molecule has 1 unspecified atom stereocenters. The number of carbonyl (C=O) groups excluding carboxylic acids is 1. The second-order valence-corrected chi connectivity index (χ2v) is 25.0. The first-order valence-electron chi connectivity index (χ1n) is 31.4. The van der Waals surface area contributed by atoms with Crippen molar-refractivity contribution in [1.29, 1.82) is 0 Å². The average molecular weight is 1100 g/mol. The van der Waals surface area contributed by atoms with Crippen molar-refractivity contribution in [2.75, 3.05) is 32.1 Å². The number of fused-ring (bicyclic) bond motifs is 1. The minimum atomic E-state index is -4.16. The Hall–Kier alpha value is -2.40. The molecule has 7 N–H and O–H groups in total. The monoisotopic (exact) mass is 1100 g/mol. The molecule has 2 aromatic rings. The number of nitrogens with zero attached hydrogens (tertiary/aromatic N) is 1. The molecule has 9 atom stereocenters. The fourth-order valence-electron chi connectivity index (χ4n) is 10.9. The van der Waals surface area contributed by atoms with E-state index >= 15 is 0 Å². The first-order chi connectivity index (χ1) is 37.2. The standard InChI is InChI=1S/C63H113N3O10S/c1-6-8-9-10-11-12-13-14-15-16-17-18-19-20-21-22-23-24-25-29-32-35-38-47-58(68)65-53(59(69)55(67)45-37-34-31-28-26-27-30-33-36-41-50(3)7-2)49-75-63-62(72)61(71)60(70)56(76-63)48-64-77(73,74)57-46-40-42-51-52(57)43-39-44-54(51)66(4)5/h39-40,42-44,46,50,53,55-56,59-64,67,69-72H,6-38,41,45,47-49H2,1-5H3,(H,65,68)/t50?,53-,55+,56+,59-,60-,61-,62+,63-/m0/s1. The molecule has 0 aromatic heterocycles. The molecule has 1 aliphatic rings. The van der Waals surface area contributed by atoms with Crippen molar-refractivity contribution in [2.45, 2.75) is 306 Å². The topological polar surface area (TPSA) is 198 Å². The van der Waals surface area contributed by atoms with Crippen molar-refractivity contribution in [1.82, 2.24) is 10.0 Å². The van der Waals surface area contributed by atoms with E-state index in [2.05, 4.69) is 30.8 Å². The zero-order valence-electron chi connectivity index (χ0n) is 49.2. The van der Waals surface area contributed by atoms with Crippen LogP contribution in [0.1, 0.15) is 252 Å². The second-order valence-electron chi connectivity index (χ2n) is 23.3. The van der Waals surface area contributed by atoms with Gasteiger partial charge in [0, 0.05) is 43.5 Å². The summed E-state index contributed by atoms with van der Waals surface area (Å²) in [6, 6.07) is 9.29. The Labute approximate surface area is 468 Å². The molecule has 13 nitrogen and oxygen atoms in total. The number of hydrogen-bond acceptors (Lipinski definition) is 11. The van der Waals surface area contributed by atoms with Crippen LogP contribution < -0.4 is 14.9 Å². The average Bonchev–Trinajstić information content (AvgIpc) is 3.43. The smallest absolute Gasteiger partial charge is 0.241 e. The minimum Gasteiger partial charge on any atom is -0.390 e. The first kappa shape index (κ1) is 68.9. The van der Waals surface area contributed by atoms with Gasteiger partial charge in [0.1, 0.15) is 30.5 Å². The molecule has 77 heavy (non-hydrogen) atoms. The highest BCUT2D eigenvalue weighted by Gasteiger charge is 2.45. The Morgan fingerprint density at radius 3 is 1.56 bits per heavy atom. The highest BCUT2D eigenvalue weighted by molar-refractivity contribution is 7.89. The summed E-state index contributed by atoms with van der Waals surface area (Å²) in [6.07, 6.45) is 32.2. The van der Waals surface area contributed by atoms with E-state index in [0.717, 1.165) is 55.5 Å². The second kappa shape index (κ2) is 41.6. The molecule has 3 rings (SSSR count). The number of aliphatic hydroxyl groups is 5. The van der Waals surface area contributed by atoms with E-state index < -0.39 is 72.1 Å². The Morgan fingerprint density at radius 1 is 0.610 bits per heavy atom. The van der Waals surface area contributed by atoms with Crippen molar-refractivity contribution in [3.8, 4) is 0 Å². The van der Waals surface area contributed by atoms with Crippen molar-refractivity contribution < 1.29 is 48.2 Å². The maximum absolute atomic E-state index is 13.7. The van der Waals surface area contributed by atoms with Crippen molar-refractivity contribution in [3.63, 3.8) is 0 Å². The van der Waals surface area contributed by atoms with Gasteiger partial charge in [-0.1, -0.05) is 257 Å². The van der Waals surface area contributed by atoms with E-state index in [1.807, 2.05) is 31.1 Å². The van der Waals surface area contributed by atoms with Gasteiger partial charge in [-0.2, -0.15) is 0 Å². The maximum Gasteiger partial charge on any atom is 0.241 e. The van der Waals surface area contributed by atoms with Gasteiger partial charge in [-0.15, -0.1) is 0 Å². The summed E-state index contributed by atoms with van der Waals surface area (Å²) in [5, 5.41) is 59.7. The summed E-state index contributed by atoms with van der Waals surface area (Å²) in [4.78, 5) is 15.3. The van der Waals surface area contributed by atoms with Gasteiger partial charge in [-0.05, 0) is 30.9 Å². The number of unbranched alkanes of at least 4 members (excludes halogenated alkanes) is 30.